The van der Waals surface area contributed by atoms with E-state index in [1.807, 2.05) is 38.1 Å². The van der Waals surface area contributed by atoms with Gasteiger partial charge < -0.3 is 10.6 Å². The molecule has 2 rings (SSSR count). The third kappa shape index (κ3) is 5.86. The number of hydrogen-bond acceptors (Lipinski definition) is 5. The van der Waals surface area contributed by atoms with Crippen LogP contribution in [0.15, 0.2) is 36.4 Å². The average molecular weight is 398 g/mol. The van der Waals surface area contributed by atoms with E-state index in [4.69, 9.17) is 0 Å². The number of rotatable bonds is 8. The van der Waals surface area contributed by atoms with Gasteiger partial charge in [-0.05, 0) is 50.1 Å². The first kappa shape index (κ1) is 22.0. The Labute approximate surface area is 170 Å². The number of benzene rings is 2. The van der Waals surface area contributed by atoms with Crippen molar-refractivity contribution in [2.24, 2.45) is 0 Å². The predicted molar refractivity (Wildman–Crippen MR) is 113 cm³/mol. The van der Waals surface area contributed by atoms with Gasteiger partial charge in [0.15, 0.2) is 0 Å². The number of aryl methyl sites for hydroxylation is 2. The van der Waals surface area contributed by atoms with Gasteiger partial charge in [0, 0.05) is 11.8 Å². The smallest absolute Gasteiger partial charge is 0.293 e. The Kier molecular flexibility index (Phi) is 7.44. The van der Waals surface area contributed by atoms with Crippen LogP contribution in [0.1, 0.15) is 23.6 Å². The number of hydrogen-bond donors (Lipinski definition) is 2. The maximum absolute atomic E-state index is 12.4. The van der Waals surface area contributed by atoms with Gasteiger partial charge in [-0.1, -0.05) is 31.2 Å². The summed E-state index contributed by atoms with van der Waals surface area (Å²) >= 11 is 0. The summed E-state index contributed by atoms with van der Waals surface area (Å²) in [6, 6.07) is 10.6. The normalized spacial score (nSPS) is 10.7. The first-order valence-corrected chi connectivity index (χ1v) is 9.33. The van der Waals surface area contributed by atoms with Crippen LogP contribution >= 0.6 is 0 Å². The van der Waals surface area contributed by atoms with Crippen molar-refractivity contribution in [2.45, 2.75) is 27.2 Å². The Morgan fingerprint density at radius 2 is 1.66 bits per heavy atom. The highest BCUT2D eigenvalue weighted by atomic mass is 16.6. The Balaban J connectivity index is 1.98. The number of nitro benzene ring substituents is 1. The number of nitro groups is 1. The fraction of sp³-hybridized carbons (Fsp3) is 0.333. The largest absolute Gasteiger partial charge is 0.325 e. The molecule has 0 saturated carbocycles. The van der Waals surface area contributed by atoms with E-state index < -0.39 is 10.8 Å². The molecular weight excluding hydrogens is 372 g/mol. The van der Waals surface area contributed by atoms with E-state index >= 15 is 0 Å². The molecule has 0 aliphatic heterocycles. The van der Waals surface area contributed by atoms with Crippen LogP contribution in [0.25, 0.3) is 0 Å². The monoisotopic (exact) mass is 398 g/mol. The third-order valence-corrected chi connectivity index (χ3v) is 4.67. The Hall–Kier alpha value is -3.26. The van der Waals surface area contributed by atoms with E-state index in [9.17, 15) is 19.7 Å². The fourth-order valence-electron chi connectivity index (χ4n) is 2.98. The summed E-state index contributed by atoms with van der Waals surface area (Å²) in [5.74, 6) is -0.662. The molecular formula is C21H26N4O4. The highest BCUT2D eigenvalue weighted by molar-refractivity contribution is 5.97. The molecule has 0 heterocycles. The average Bonchev–Trinajstić information content (AvgIpc) is 2.65. The number of likely N-dealkylation sites (N-methyl/N-ethyl adjacent to an activating group) is 1. The van der Waals surface area contributed by atoms with E-state index in [1.54, 1.807) is 24.9 Å². The molecule has 0 bridgehead atoms. The second-order valence-electron chi connectivity index (χ2n) is 6.94. The van der Waals surface area contributed by atoms with E-state index in [-0.39, 0.29) is 30.4 Å². The van der Waals surface area contributed by atoms with Gasteiger partial charge in [0.25, 0.3) is 5.69 Å². The molecule has 8 nitrogen and oxygen atoms in total. The molecule has 0 unspecified atom stereocenters. The maximum atomic E-state index is 12.4. The van der Waals surface area contributed by atoms with Gasteiger partial charge in [-0.2, -0.15) is 0 Å². The Morgan fingerprint density at radius 3 is 2.28 bits per heavy atom. The molecule has 0 aromatic heterocycles. The number of carbonyl (C=O) groups excluding carboxylic acids is 2. The Bertz CT molecular complexity index is 927. The van der Waals surface area contributed by atoms with E-state index in [2.05, 4.69) is 10.6 Å². The fourth-order valence-corrected chi connectivity index (χ4v) is 2.98. The molecule has 29 heavy (non-hydrogen) atoms. The molecule has 0 saturated heterocycles. The van der Waals surface area contributed by atoms with Crippen molar-refractivity contribution < 1.29 is 14.5 Å². The highest BCUT2D eigenvalue weighted by Crippen LogP contribution is 2.30. The lowest BCUT2D eigenvalue weighted by molar-refractivity contribution is -0.384. The standard InChI is InChI=1S/C21H26N4O4/c1-5-16-8-6-7-9-17(16)22-19(26)12-24(4)13-20(27)23-21-15(3)14(2)10-11-18(21)25(28)29/h6-11H,5,12-13H2,1-4H3,(H,22,26)(H,23,27). The summed E-state index contributed by atoms with van der Waals surface area (Å²) in [7, 11) is 1.64. The maximum Gasteiger partial charge on any atom is 0.293 e. The van der Waals surface area contributed by atoms with Crippen molar-refractivity contribution in [1.29, 1.82) is 0 Å². The van der Waals surface area contributed by atoms with Crippen LogP contribution in [-0.4, -0.2) is 41.8 Å². The van der Waals surface area contributed by atoms with Gasteiger partial charge in [-0.25, -0.2) is 0 Å². The number of amides is 2. The summed E-state index contributed by atoms with van der Waals surface area (Å²) in [4.78, 5) is 37.0. The molecule has 8 heteroatoms. The third-order valence-electron chi connectivity index (χ3n) is 4.67. The zero-order valence-electron chi connectivity index (χ0n) is 17.1. The van der Waals surface area contributed by atoms with E-state index in [0.29, 0.717) is 5.56 Å². The second-order valence-corrected chi connectivity index (χ2v) is 6.94. The molecule has 2 aromatic carbocycles. The summed E-state index contributed by atoms with van der Waals surface area (Å²) in [6.07, 6.45) is 0.795. The summed E-state index contributed by atoms with van der Waals surface area (Å²) < 4.78 is 0. The number of anilines is 2. The van der Waals surface area contributed by atoms with Crippen LogP contribution in [0, 0.1) is 24.0 Å². The first-order chi connectivity index (χ1) is 13.7. The van der Waals surface area contributed by atoms with Gasteiger partial charge in [-0.3, -0.25) is 24.6 Å². The van der Waals surface area contributed by atoms with E-state index in [0.717, 1.165) is 23.2 Å². The number of nitrogens with zero attached hydrogens (tertiary/aromatic N) is 2. The van der Waals surface area contributed by atoms with Crippen molar-refractivity contribution in [3.63, 3.8) is 0 Å². The first-order valence-electron chi connectivity index (χ1n) is 9.33. The summed E-state index contributed by atoms with van der Waals surface area (Å²) in [6.45, 7) is 5.49. The number of para-hydroxylation sites is 1. The van der Waals surface area contributed by atoms with Crippen molar-refractivity contribution >= 4 is 28.9 Å². The van der Waals surface area contributed by atoms with Crippen LogP contribution in [0.2, 0.25) is 0 Å². The van der Waals surface area contributed by atoms with Crippen LogP contribution in [-0.2, 0) is 16.0 Å². The Morgan fingerprint density at radius 1 is 1.03 bits per heavy atom. The lowest BCUT2D eigenvalue weighted by atomic mass is 10.1. The molecule has 2 N–H and O–H groups in total. The minimum absolute atomic E-state index is 0.0142. The van der Waals surface area contributed by atoms with Gasteiger partial charge in [0.05, 0.1) is 18.0 Å². The van der Waals surface area contributed by atoms with Crippen molar-refractivity contribution in [3.05, 3.63) is 63.2 Å². The number of nitrogens with one attached hydrogen (secondary N) is 2. The zero-order valence-corrected chi connectivity index (χ0v) is 17.1. The minimum Gasteiger partial charge on any atom is -0.325 e. The lowest BCUT2D eigenvalue weighted by Gasteiger charge is -2.17. The lowest BCUT2D eigenvalue weighted by Crippen LogP contribution is -2.36. The van der Waals surface area contributed by atoms with Crippen LogP contribution in [0.3, 0.4) is 0 Å². The summed E-state index contributed by atoms with van der Waals surface area (Å²) in [5, 5.41) is 16.7. The van der Waals surface area contributed by atoms with Gasteiger partial charge in [0.2, 0.25) is 11.8 Å². The van der Waals surface area contributed by atoms with Gasteiger partial charge in [0.1, 0.15) is 5.69 Å². The van der Waals surface area contributed by atoms with E-state index in [1.165, 1.54) is 6.07 Å². The quantitative estimate of drug-likeness (QED) is 0.524. The molecule has 0 fully saturated rings. The van der Waals surface area contributed by atoms with Crippen LogP contribution < -0.4 is 10.6 Å². The topological polar surface area (TPSA) is 105 Å². The molecule has 0 spiro atoms. The van der Waals surface area contributed by atoms with Crippen molar-refractivity contribution in [3.8, 4) is 0 Å². The van der Waals surface area contributed by atoms with Gasteiger partial charge in [-0.15, -0.1) is 0 Å². The molecule has 2 aromatic rings. The zero-order chi connectivity index (χ0) is 21.6. The number of carbonyl (C=O) groups is 2. The molecule has 0 atom stereocenters. The minimum atomic E-state index is -0.523. The second kappa shape index (κ2) is 9.79. The highest BCUT2D eigenvalue weighted by Gasteiger charge is 2.20. The molecule has 0 aliphatic rings. The van der Waals surface area contributed by atoms with Crippen LogP contribution in [0.5, 0.6) is 0 Å². The SMILES string of the molecule is CCc1ccccc1NC(=O)CN(C)CC(=O)Nc1c([N+](=O)[O-])ccc(C)c1C. The van der Waals surface area contributed by atoms with Gasteiger partial charge >= 0.3 is 0 Å². The predicted octanol–water partition coefficient (Wildman–Crippen LogP) is 3.28. The molecule has 0 radical (unpaired) electrons. The molecule has 2 amide bonds. The summed E-state index contributed by atoms with van der Waals surface area (Å²) in [5.41, 5.74) is 3.30. The molecule has 0 aliphatic carbocycles. The van der Waals surface area contributed by atoms with Crippen LogP contribution in [0.4, 0.5) is 17.1 Å². The molecule has 154 valence electrons. The van der Waals surface area contributed by atoms with Crippen molar-refractivity contribution in [2.75, 3.05) is 30.8 Å². The van der Waals surface area contributed by atoms with Crippen molar-refractivity contribution in [1.82, 2.24) is 4.90 Å².